The fourth-order valence-electron chi connectivity index (χ4n) is 2.13. The number of aryl methyl sites for hydroxylation is 1. The highest BCUT2D eigenvalue weighted by Gasteiger charge is 2.04. The van der Waals surface area contributed by atoms with Crippen LogP contribution in [0.15, 0.2) is 54.9 Å². The number of rotatable bonds is 3. The van der Waals surface area contributed by atoms with Gasteiger partial charge >= 0.3 is 0 Å². The van der Waals surface area contributed by atoms with Crippen LogP contribution < -0.4 is 0 Å². The maximum Gasteiger partial charge on any atom is 0.150 e. The highest BCUT2D eigenvalue weighted by molar-refractivity contribution is 5.87. The molecule has 0 fully saturated rings. The van der Waals surface area contributed by atoms with Crippen molar-refractivity contribution in [3.8, 4) is 16.8 Å². The minimum Gasteiger partial charge on any atom is -0.298 e. The third kappa shape index (κ3) is 2.23. The molecule has 3 rings (SSSR count). The second-order valence-electron chi connectivity index (χ2n) is 4.49. The van der Waals surface area contributed by atoms with Crippen LogP contribution in [-0.2, 0) is 0 Å². The molecule has 0 radical (unpaired) electrons. The molecule has 0 saturated carbocycles. The van der Waals surface area contributed by atoms with Crippen LogP contribution in [0.25, 0.3) is 16.8 Å². The molecule has 0 bridgehead atoms. The summed E-state index contributed by atoms with van der Waals surface area (Å²) >= 11 is 0. The number of aldehydes is 1. The Labute approximate surface area is 116 Å². The third-order valence-electron chi connectivity index (χ3n) is 3.14. The lowest BCUT2D eigenvalue weighted by Crippen LogP contribution is -1.95. The number of hydrogen-bond acceptors (Lipinski definition) is 3. The summed E-state index contributed by atoms with van der Waals surface area (Å²) in [5.74, 6) is 0.736. The average Bonchev–Trinajstić information content (AvgIpc) is 2.94. The zero-order valence-corrected chi connectivity index (χ0v) is 11.0. The summed E-state index contributed by atoms with van der Waals surface area (Å²) in [6, 6.07) is 15.4. The molecule has 0 saturated heterocycles. The largest absolute Gasteiger partial charge is 0.298 e. The molecule has 1 aromatic heterocycles. The predicted octanol–water partition coefficient (Wildman–Crippen LogP) is 3.06. The van der Waals surface area contributed by atoms with Gasteiger partial charge in [0.15, 0.2) is 6.29 Å². The lowest BCUT2D eigenvalue weighted by molar-refractivity contribution is 0.112. The normalized spacial score (nSPS) is 10.4. The van der Waals surface area contributed by atoms with Gasteiger partial charge in [-0.1, -0.05) is 36.4 Å². The maximum absolute atomic E-state index is 11.1. The monoisotopic (exact) mass is 263 g/mol. The number of benzene rings is 2. The van der Waals surface area contributed by atoms with Crippen molar-refractivity contribution in [3.05, 3.63) is 66.2 Å². The summed E-state index contributed by atoms with van der Waals surface area (Å²) in [4.78, 5) is 15.2. The molecule has 20 heavy (non-hydrogen) atoms. The molecule has 0 atom stereocenters. The van der Waals surface area contributed by atoms with Crippen molar-refractivity contribution >= 4 is 6.29 Å². The fraction of sp³-hybridized carbons (Fsp3) is 0.0625. The zero-order chi connectivity index (χ0) is 13.9. The second-order valence-corrected chi connectivity index (χ2v) is 4.49. The Hall–Kier alpha value is -2.75. The summed E-state index contributed by atoms with van der Waals surface area (Å²) in [7, 11) is 0. The number of nitrogens with zero attached hydrogens (tertiary/aromatic N) is 3. The molecule has 0 aliphatic heterocycles. The number of aromatic nitrogens is 3. The van der Waals surface area contributed by atoms with Crippen molar-refractivity contribution in [1.82, 2.24) is 14.8 Å². The molecule has 98 valence electrons. The van der Waals surface area contributed by atoms with Crippen LogP contribution in [0.5, 0.6) is 0 Å². The SMILES string of the molecule is Cc1ncn(-c2ccc(-c3ccccc3C=O)cc2)n1. The topological polar surface area (TPSA) is 47.8 Å². The summed E-state index contributed by atoms with van der Waals surface area (Å²) in [6.07, 6.45) is 2.56. The van der Waals surface area contributed by atoms with E-state index in [2.05, 4.69) is 10.1 Å². The zero-order valence-electron chi connectivity index (χ0n) is 11.0. The quantitative estimate of drug-likeness (QED) is 0.682. The Morgan fingerprint density at radius 2 is 1.80 bits per heavy atom. The Balaban J connectivity index is 1.99. The number of hydrogen-bond donors (Lipinski definition) is 0. The molecular weight excluding hydrogens is 250 g/mol. The molecule has 0 unspecified atom stereocenters. The van der Waals surface area contributed by atoms with Crippen LogP contribution >= 0.6 is 0 Å². The van der Waals surface area contributed by atoms with Crippen molar-refractivity contribution in [2.75, 3.05) is 0 Å². The van der Waals surface area contributed by atoms with E-state index in [1.165, 1.54) is 0 Å². The fourth-order valence-corrected chi connectivity index (χ4v) is 2.13. The van der Waals surface area contributed by atoms with E-state index in [-0.39, 0.29) is 0 Å². The van der Waals surface area contributed by atoms with Gasteiger partial charge in [0.1, 0.15) is 12.2 Å². The van der Waals surface area contributed by atoms with Gasteiger partial charge in [0, 0.05) is 5.56 Å². The van der Waals surface area contributed by atoms with Crippen LogP contribution in [0.3, 0.4) is 0 Å². The number of carbonyl (C=O) groups excluding carboxylic acids is 1. The first-order valence-electron chi connectivity index (χ1n) is 6.31. The van der Waals surface area contributed by atoms with E-state index in [4.69, 9.17) is 0 Å². The van der Waals surface area contributed by atoms with E-state index in [0.29, 0.717) is 5.56 Å². The molecular formula is C16H13N3O. The Bertz CT molecular complexity index is 744. The summed E-state index contributed by atoms with van der Waals surface area (Å²) < 4.78 is 1.73. The highest BCUT2D eigenvalue weighted by Crippen LogP contribution is 2.23. The Morgan fingerprint density at radius 1 is 1.05 bits per heavy atom. The van der Waals surface area contributed by atoms with Crippen LogP contribution in [0.2, 0.25) is 0 Å². The minimum atomic E-state index is 0.692. The van der Waals surface area contributed by atoms with Gasteiger partial charge in [-0.15, -0.1) is 0 Å². The van der Waals surface area contributed by atoms with E-state index in [9.17, 15) is 4.79 Å². The average molecular weight is 263 g/mol. The van der Waals surface area contributed by atoms with Gasteiger partial charge in [-0.25, -0.2) is 9.67 Å². The maximum atomic E-state index is 11.1. The van der Waals surface area contributed by atoms with Crippen LogP contribution in [-0.4, -0.2) is 21.1 Å². The minimum absolute atomic E-state index is 0.692. The van der Waals surface area contributed by atoms with E-state index in [1.807, 2.05) is 55.5 Å². The van der Waals surface area contributed by atoms with Gasteiger partial charge < -0.3 is 0 Å². The molecule has 4 nitrogen and oxygen atoms in total. The van der Waals surface area contributed by atoms with Gasteiger partial charge in [0.05, 0.1) is 5.69 Å². The van der Waals surface area contributed by atoms with Crippen molar-refractivity contribution < 1.29 is 4.79 Å². The van der Waals surface area contributed by atoms with Crippen molar-refractivity contribution in [3.63, 3.8) is 0 Å². The van der Waals surface area contributed by atoms with Crippen molar-refractivity contribution in [1.29, 1.82) is 0 Å². The first-order chi connectivity index (χ1) is 9.78. The standard InChI is InChI=1S/C16H13N3O/c1-12-17-11-19(18-12)15-8-6-13(7-9-15)16-5-3-2-4-14(16)10-20/h2-11H,1H3. The van der Waals surface area contributed by atoms with Crippen LogP contribution in [0.1, 0.15) is 16.2 Å². The van der Waals surface area contributed by atoms with Crippen LogP contribution in [0.4, 0.5) is 0 Å². The number of carbonyl (C=O) groups is 1. The Morgan fingerprint density at radius 3 is 2.45 bits per heavy atom. The predicted molar refractivity (Wildman–Crippen MR) is 76.9 cm³/mol. The second kappa shape index (κ2) is 5.09. The summed E-state index contributed by atoms with van der Waals surface area (Å²) in [5.41, 5.74) is 3.58. The molecule has 3 aromatic rings. The lowest BCUT2D eigenvalue weighted by atomic mass is 10.0. The molecule has 4 heteroatoms. The summed E-state index contributed by atoms with van der Waals surface area (Å²) in [5, 5.41) is 4.27. The van der Waals surface area contributed by atoms with Gasteiger partial charge in [0.25, 0.3) is 0 Å². The molecule has 0 N–H and O–H groups in total. The van der Waals surface area contributed by atoms with E-state index in [0.717, 1.165) is 28.9 Å². The van der Waals surface area contributed by atoms with E-state index >= 15 is 0 Å². The molecule has 0 amide bonds. The lowest BCUT2D eigenvalue weighted by Gasteiger charge is -2.06. The van der Waals surface area contributed by atoms with Crippen LogP contribution in [0, 0.1) is 6.92 Å². The van der Waals surface area contributed by atoms with Gasteiger partial charge in [-0.2, -0.15) is 5.10 Å². The highest BCUT2D eigenvalue weighted by atomic mass is 16.1. The molecule has 0 aliphatic rings. The first-order valence-corrected chi connectivity index (χ1v) is 6.31. The van der Waals surface area contributed by atoms with E-state index < -0.39 is 0 Å². The van der Waals surface area contributed by atoms with E-state index in [1.54, 1.807) is 11.0 Å². The van der Waals surface area contributed by atoms with Gasteiger partial charge in [0.2, 0.25) is 0 Å². The van der Waals surface area contributed by atoms with Crippen molar-refractivity contribution in [2.24, 2.45) is 0 Å². The van der Waals surface area contributed by atoms with Gasteiger partial charge in [-0.05, 0) is 30.2 Å². The third-order valence-corrected chi connectivity index (χ3v) is 3.14. The molecule has 0 aliphatic carbocycles. The molecule has 1 heterocycles. The smallest absolute Gasteiger partial charge is 0.150 e. The molecule has 0 spiro atoms. The first kappa shape index (κ1) is 12.3. The van der Waals surface area contributed by atoms with Crippen molar-refractivity contribution in [2.45, 2.75) is 6.92 Å². The Kier molecular flexibility index (Phi) is 3.13. The summed E-state index contributed by atoms with van der Waals surface area (Å²) in [6.45, 7) is 1.85. The molecule has 2 aromatic carbocycles. The van der Waals surface area contributed by atoms with Gasteiger partial charge in [-0.3, -0.25) is 4.79 Å².